The molecule has 0 heterocycles. The fraction of sp³-hybridized carbons (Fsp3) is 0.364. The topological polar surface area (TPSA) is 46.5 Å². The summed E-state index contributed by atoms with van der Waals surface area (Å²) in [7, 11) is 1.51. The first-order valence-electron chi connectivity index (χ1n) is 4.60. The van der Waals surface area contributed by atoms with Crippen molar-refractivity contribution in [2.24, 2.45) is 0 Å². The first kappa shape index (κ1) is 12.0. The summed E-state index contributed by atoms with van der Waals surface area (Å²) in [6.45, 7) is 1.92. The predicted octanol–water partition coefficient (Wildman–Crippen LogP) is 2.60. The fourth-order valence-electron chi connectivity index (χ4n) is 1.44. The molecule has 1 rings (SSSR count). The Balaban J connectivity index is 3.16. The highest BCUT2D eigenvalue weighted by atomic mass is 79.9. The van der Waals surface area contributed by atoms with Crippen molar-refractivity contribution in [2.75, 3.05) is 7.11 Å². The van der Waals surface area contributed by atoms with Gasteiger partial charge in [0, 0.05) is 6.42 Å². The van der Waals surface area contributed by atoms with Crippen molar-refractivity contribution < 1.29 is 14.6 Å². The Morgan fingerprint density at radius 2 is 2.27 bits per heavy atom. The Morgan fingerprint density at radius 1 is 1.60 bits per heavy atom. The van der Waals surface area contributed by atoms with E-state index in [1.54, 1.807) is 6.07 Å². The Labute approximate surface area is 97.2 Å². The molecule has 0 spiro atoms. The summed E-state index contributed by atoms with van der Waals surface area (Å²) in [5.74, 6) is 0.526. The number of methoxy groups -OCH3 is 1. The van der Waals surface area contributed by atoms with Crippen molar-refractivity contribution in [3.8, 4) is 11.5 Å². The quantitative estimate of drug-likeness (QED) is 0.858. The van der Waals surface area contributed by atoms with E-state index < -0.39 is 0 Å². The number of carbonyl (C=O) groups is 1. The molecule has 0 aliphatic heterocycles. The first-order valence-corrected chi connectivity index (χ1v) is 5.39. The summed E-state index contributed by atoms with van der Waals surface area (Å²) >= 11 is 3.31. The summed E-state index contributed by atoms with van der Waals surface area (Å²) in [6.07, 6.45) is 1.94. The molecule has 0 aliphatic rings. The highest BCUT2D eigenvalue weighted by Gasteiger charge is 2.13. The molecule has 3 nitrogen and oxygen atoms in total. The number of phenols is 1. The molecule has 0 unspecified atom stereocenters. The highest BCUT2D eigenvalue weighted by molar-refractivity contribution is 9.10. The van der Waals surface area contributed by atoms with E-state index in [-0.39, 0.29) is 5.75 Å². The van der Waals surface area contributed by atoms with Crippen LogP contribution in [0.3, 0.4) is 0 Å². The lowest BCUT2D eigenvalue weighted by Gasteiger charge is -2.12. The van der Waals surface area contributed by atoms with E-state index in [0.717, 1.165) is 17.4 Å². The molecule has 0 bridgehead atoms. The number of rotatable bonds is 4. The van der Waals surface area contributed by atoms with Crippen molar-refractivity contribution in [3.63, 3.8) is 0 Å². The van der Waals surface area contributed by atoms with Crippen LogP contribution >= 0.6 is 15.9 Å². The van der Waals surface area contributed by atoms with Gasteiger partial charge >= 0.3 is 0 Å². The average molecular weight is 273 g/mol. The summed E-state index contributed by atoms with van der Waals surface area (Å²) in [5, 5.41) is 9.74. The lowest BCUT2D eigenvalue weighted by molar-refractivity contribution is -0.107. The molecular weight excluding hydrogens is 260 g/mol. The zero-order valence-electron chi connectivity index (χ0n) is 8.71. The van der Waals surface area contributed by atoms with E-state index in [2.05, 4.69) is 15.9 Å². The van der Waals surface area contributed by atoms with Crippen LogP contribution in [0.15, 0.2) is 10.5 Å². The molecule has 0 aliphatic carbocycles. The molecule has 1 aromatic carbocycles. The van der Waals surface area contributed by atoms with Gasteiger partial charge in [0.25, 0.3) is 0 Å². The normalized spacial score (nSPS) is 10.1. The maximum absolute atomic E-state index is 10.3. The number of carbonyl (C=O) groups excluding carboxylic acids is 1. The van der Waals surface area contributed by atoms with Crippen molar-refractivity contribution in [1.29, 1.82) is 0 Å². The van der Waals surface area contributed by atoms with Crippen LogP contribution in [0.1, 0.15) is 17.5 Å². The van der Waals surface area contributed by atoms with E-state index >= 15 is 0 Å². The maximum atomic E-state index is 10.3. The second kappa shape index (κ2) is 5.16. The van der Waals surface area contributed by atoms with E-state index in [1.165, 1.54) is 7.11 Å². The van der Waals surface area contributed by atoms with Crippen molar-refractivity contribution >= 4 is 22.2 Å². The van der Waals surface area contributed by atoms with Crippen molar-refractivity contribution in [3.05, 3.63) is 21.7 Å². The summed E-state index contributed by atoms with van der Waals surface area (Å²) < 4.78 is 5.63. The number of benzene rings is 1. The lowest BCUT2D eigenvalue weighted by atomic mass is 10.0. The molecule has 1 N–H and O–H groups in total. The lowest BCUT2D eigenvalue weighted by Crippen LogP contribution is -1.95. The van der Waals surface area contributed by atoms with Gasteiger partial charge < -0.3 is 14.6 Å². The molecule has 4 heteroatoms. The Bertz CT molecular complexity index is 375. The molecular formula is C11H13BrO3. The van der Waals surface area contributed by atoms with Crippen LogP contribution in [0.5, 0.6) is 11.5 Å². The number of hydrogen-bond donors (Lipinski definition) is 1. The summed E-state index contributed by atoms with van der Waals surface area (Å²) in [6, 6.07) is 1.76. The molecule has 0 atom stereocenters. The van der Waals surface area contributed by atoms with E-state index in [9.17, 15) is 9.90 Å². The first-order chi connectivity index (χ1) is 7.11. The van der Waals surface area contributed by atoms with Crippen LogP contribution in [0.25, 0.3) is 0 Å². The minimum absolute atomic E-state index is 0.0870. The van der Waals surface area contributed by atoms with Gasteiger partial charge in [0.2, 0.25) is 0 Å². The third-order valence-corrected chi connectivity index (χ3v) is 3.12. The molecule has 1 aromatic rings. The zero-order chi connectivity index (χ0) is 11.4. The van der Waals surface area contributed by atoms with Crippen molar-refractivity contribution in [1.82, 2.24) is 0 Å². The minimum atomic E-state index is 0.0870. The minimum Gasteiger partial charge on any atom is -0.503 e. The summed E-state index contributed by atoms with van der Waals surface area (Å²) in [5.41, 5.74) is 1.94. The number of phenolic OH excluding ortho intramolecular Hbond substituents is 1. The largest absolute Gasteiger partial charge is 0.503 e. The van der Waals surface area contributed by atoms with Gasteiger partial charge in [0.1, 0.15) is 6.29 Å². The Kier molecular flexibility index (Phi) is 4.15. The fourth-order valence-corrected chi connectivity index (χ4v) is 2.15. The van der Waals surface area contributed by atoms with Crippen LogP contribution in [0, 0.1) is 6.92 Å². The van der Waals surface area contributed by atoms with Gasteiger partial charge in [-0.1, -0.05) is 0 Å². The molecule has 82 valence electrons. The predicted molar refractivity (Wildman–Crippen MR) is 61.5 cm³/mol. The average Bonchev–Trinajstić information content (AvgIpc) is 2.23. The number of ether oxygens (including phenoxy) is 1. The highest BCUT2D eigenvalue weighted by Crippen LogP contribution is 2.38. The third kappa shape index (κ3) is 2.50. The van der Waals surface area contributed by atoms with Gasteiger partial charge in [-0.2, -0.15) is 0 Å². The molecule has 0 saturated heterocycles. The van der Waals surface area contributed by atoms with E-state index in [1.807, 2.05) is 6.92 Å². The van der Waals surface area contributed by atoms with Gasteiger partial charge in [0.05, 0.1) is 11.6 Å². The number of aromatic hydroxyl groups is 1. The van der Waals surface area contributed by atoms with Gasteiger partial charge in [0.15, 0.2) is 11.5 Å². The number of hydrogen-bond acceptors (Lipinski definition) is 3. The standard InChI is InChI=1S/C11H13BrO3/c1-7-6-9(15-2)11(14)10(12)8(7)4-3-5-13/h5-6,14H,3-4H2,1-2H3. The molecule has 0 saturated carbocycles. The second-order valence-corrected chi connectivity index (χ2v) is 4.04. The molecule has 0 amide bonds. The van der Waals surface area contributed by atoms with Crippen molar-refractivity contribution in [2.45, 2.75) is 19.8 Å². The van der Waals surface area contributed by atoms with Gasteiger partial charge in [-0.25, -0.2) is 0 Å². The van der Waals surface area contributed by atoms with Gasteiger partial charge in [-0.05, 0) is 46.5 Å². The molecule has 0 fully saturated rings. The third-order valence-electron chi connectivity index (χ3n) is 2.26. The van der Waals surface area contributed by atoms with E-state index in [0.29, 0.717) is 23.1 Å². The van der Waals surface area contributed by atoms with Crippen LogP contribution in [-0.4, -0.2) is 18.5 Å². The SMILES string of the molecule is COc1cc(C)c(CCC=O)c(Br)c1O. The smallest absolute Gasteiger partial charge is 0.172 e. The van der Waals surface area contributed by atoms with Gasteiger partial charge in [-0.3, -0.25) is 0 Å². The zero-order valence-corrected chi connectivity index (χ0v) is 10.3. The van der Waals surface area contributed by atoms with Crippen LogP contribution in [0.2, 0.25) is 0 Å². The number of halogens is 1. The molecule has 15 heavy (non-hydrogen) atoms. The second-order valence-electron chi connectivity index (χ2n) is 3.24. The Morgan fingerprint density at radius 3 is 2.80 bits per heavy atom. The molecule has 0 radical (unpaired) electrons. The Hall–Kier alpha value is -1.03. The maximum Gasteiger partial charge on any atom is 0.172 e. The van der Waals surface area contributed by atoms with Crippen LogP contribution in [0.4, 0.5) is 0 Å². The summed E-state index contributed by atoms with van der Waals surface area (Å²) in [4.78, 5) is 10.3. The monoisotopic (exact) mass is 272 g/mol. The number of aryl methyl sites for hydroxylation is 1. The van der Waals surface area contributed by atoms with E-state index in [4.69, 9.17) is 4.74 Å². The van der Waals surface area contributed by atoms with Crippen LogP contribution < -0.4 is 4.74 Å². The van der Waals surface area contributed by atoms with Gasteiger partial charge in [-0.15, -0.1) is 0 Å². The molecule has 0 aromatic heterocycles. The van der Waals surface area contributed by atoms with Crippen LogP contribution in [-0.2, 0) is 11.2 Å². The number of aldehydes is 1.